The molecule has 8 N–H and O–H groups in total. The Balaban J connectivity index is 0.950. The fraction of sp³-hybridized carbons (Fsp3) is 0.863. The Hall–Kier alpha value is -1.91. The van der Waals surface area contributed by atoms with Crippen molar-refractivity contribution in [1.29, 1.82) is 0 Å². The number of carbonyl (C=O) groups is 1. The second kappa shape index (κ2) is 19.8. The normalized spacial score (nSPS) is 53.7. The highest BCUT2D eigenvalue weighted by Gasteiger charge is 2.69. The molecule has 8 fully saturated rings. The van der Waals surface area contributed by atoms with Crippen molar-refractivity contribution >= 4 is 5.91 Å². The maximum atomic E-state index is 13.0. The van der Waals surface area contributed by atoms with Crippen LogP contribution < -0.4 is 5.32 Å². The zero-order chi connectivity index (χ0) is 48.6. The SMILES string of the molecule is C/C=C/C=C/C(=O)NC[C@H]1O[C@@H](O[C@H]2CC[C@@]3(C)C(=CC[C@H]4[C@@H]5C[C@@H]6O[C@]7(CC[C@@H](C)CO7)[C@@H](C)[C@@H]6[C@@]5(C)CC[C@@H]43)C2)[C@H](O[C@H]2O[C@H](C)[C@@H](O)[C@H](O)[C@@H]2O)[C@@H](O)[C@@H]1O[C@H]1O[C@H](C)[C@@H](O)[C@H](O)[C@@H]1O. The number of hydrogen-bond donors (Lipinski definition) is 8. The van der Waals surface area contributed by atoms with E-state index < -0.39 is 110 Å². The first-order valence-electron chi connectivity index (χ1n) is 25.6. The van der Waals surface area contributed by atoms with Gasteiger partial charge in [0, 0.05) is 25.0 Å². The van der Waals surface area contributed by atoms with Gasteiger partial charge in [0.25, 0.3) is 0 Å². The Morgan fingerprint density at radius 3 is 2.09 bits per heavy atom. The van der Waals surface area contributed by atoms with Crippen LogP contribution in [0.4, 0.5) is 0 Å². The van der Waals surface area contributed by atoms with Gasteiger partial charge in [0.05, 0.1) is 31.0 Å². The zero-order valence-corrected chi connectivity index (χ0v) is 40.7. The van der Waals surface area contributed by atoms with Crippen molar-refractivity contribution in [3.05, 3.63) is 36.0 Å². The molecular weight excluding hydrogens is 883 g/mol. The Bertz CT molecular complexity index is 1880. The van der Waals surface area contributed by atoms with Crippen LogP contribution in [0.3, 0.4) is 0 Å². The first-order valence-corrected chi connectivity index (χ1v) is 25.6. The van der Waals surface area contributed by atoms with Gasteiger partial charge >= 0.3 is 0 Å². The number of aliphatic hydroxyl groups excluding tert-OH is 7. The third-order valence-corrected chi connectivity index (χ3v) is 18.5. The Labute approximate surface area is 400 Å². The van der Waals surface area contributed by atoms with E-state index in [1.165, 1.54) is 25.5 Å². The van der Waals surface area contributed by atoms with Gasteiger partial charge in [-0.1, -0.05) is 57.6 Å². The van der Waals surface area contributed by atoms with E-state index in [-0.39, 0.29) is 23.5 Å². The minimum atomic E-state index is -1.74. The first-order chi connectivity index (χ1) is 32.3. The number of rotatable bonds is 10. The summed E-state index contributed by atoms with van der Waals surface area (Å²) >= 11 is 0. The maximum Gasteiger partial charge on any atom is 0.244 e. The van der Waals surface area contributed by atoms with Gasteiger partial charge in [-0.25, -0.2) is 0 Å². The highest BCUT2D eigenvalue weighted by Crippen LogP contribution is 2.70. The van der Waals surface area contributed by atoms with E-state index in [4.69, 9.17) is 37.9 Å². The molecule has 5 saturated heterocycles. The smallest absolute Gasteiger partial charge is 0.244 e. The average molecular weight is 962 g/mol. The number of ether oxygens (including phenoxy) is 8. The molecule has 0 radical (unpaired) electrons. The predicted molar refractivity (Wildman–Crippen MR) is 243 cm³/mol. The van der Waals surface area contributed by atoms with Gasteiger partial charge in [-0.3, -0.25) is 4.79 Å². The summed E-state index contributed by atoms with van der Waals surface area (Å²) in [6.07, 6.45) is -4.51. The van der Waals surface area contributed by atoms with Crippen LogP contribution in [0.2, 0.25) is 0 Å². The molecule has 5 aliphatic heterocycles. The summed E-state index contributed by atoms with van der Waals surface area (Å²) in [5.41, 5.74) is 1.48. The van der Waals surface area contributed by atoms with E-state index in [0.29, 0.717) is 48.3 Å². The van der Waals surface area contributed by atoms with E-state index in [1.807, 2.05) is 6.92 Å². The lowest BCUT2D eigenvalue weighted by Crippen LogP contribution is -2.67. The van der Waals surface area contributed by atoms with Crippen molar-refractivity contribution in [2.75, 3.05) is 13.2 Å². The lowest BCUT2D eigenvalue weighted by atomic mass is 9.47. The summed E-state index contributed by atoms with van der Waals surface area (Å²) in [7, 11) is 0. The van der Waals surface area contributed by atoms with Crippen molar-refractivity contribution in [3.63, 3.8) is 0 Å². The number of amides is 1. The van der Waals surface area contributed by atoms with Gasteiger partial charge in [-0.05, 0) is 113 Å². The van der Waals surface area contributed by atoms with E-state index in [0.717, 1.165) is 51.6 Å². The highest BCUT2D eigenvalue weighted by atomic mass is 16.8. The predicted octanol–water partition coefficient (Wildman–Crippen LogP) is 2.50. The van der Waals surface area contributed by atoms with Crippen LogP contribution >= 0.6 is 0 Å². The number of hydrogen-bond acceptors (Lipinski definition) is 16. The van der Waals surface area contributed by atoms with Crippen molar-refractivity contribution < 1.29 is 78.4 Å². The molecule has 5 heterocycles. The summed E-state index contributed by atoms with van der Waals surface area (Å²) in [6.45, 7) is 15.0. The molecule has 3 saturated carbocycles. The molecule has 9 aliphatic rings. The van der Waals surface area contributed by atoms with Crippen LogP contribution in [0.15, 0.2) is 36.0 Å². The number of aliphatic hydroxyl groups is 7. The molecule has 0 aromatic rings. The van der Waals surface area contributed by atoms with E-state index >= 15 is 0 Å². The lowest BCUT2D eigenvalue weighted by Gasteiger charge is -2.59. The lowest BCUT2D eigenvalue weighted by molar-refractivity contribution is -0.386. The van der Waals surface area contributed by atoms with Crippen LogP contribution in [-0.4, -0.2) is 165 Å². The van der Waals surface area contributed by atoms with E-state index in [1.54, 1.807) is 18.2 Å². The van der Waals surface area contributed by atoms with Gasteiger partial charge in [-0.15, -0.1) is 0 Å². The van der Waals surface area contributed by atoms with Crippen LogP contribution in [-0.2, 0) is 42.7 Å². The number of carbonyl (C=O) groups excluding carboxylic acids is 1. The summed E-state index contributed by atoms with van der Waals surface area (Å²) in [6, 6.07) is 0. The molecule has 0 aromatic carbocycles. The van der Waals surface area contributed by atoms with Gasteiger partial charge in [-0.2, -0.15) is 0 Å². The third-order valence-electron chi connectivity index (χ3n) is 18.5. The van der Waals surface area contributed by atoms with Gasteiger partial charge in [0.15, 0.2) is 24.7 Å². The average Bonchev–Trinajstić information content (AvgIpc) is 3.76. The fourth-order valence-corrected chi connectivity index (χ4v) is 14.5. The summed E-state index contributed by atoms with van der Waals surface area (Å²) < 4.78 is 51.2. The standard InChI is InChI=1S/C51H79NO16/c1-8-9-10-11-35(53)52-22-34-44(66-46-41(58)39(56)37(54)26(4)62-46)43(60)45(67-47-42(59)40(57)38(55)27(5)63-47)48(65-34)64-29-15-17-49(6)28(20-29)12-13-30-31(49)16-18-50(7)32(30)21-33-36(50)25(3)51(68-33)19-14-24(2)23-61-51/h8-12,24-27,29-34,36-48,54-60H,13-23H2,1-7H3,(H,52,53)/b9-8+,11-10+/t24-,25+,26-,27-,29+,30-,31+,32+,33+,34-,36+,37-,38-,39+,40+,41+,42+,43+,44-,45-,46-,47-,48-,49+,50+,51-/m1/s1. The molecular formula is C51H79NO16. The largest absolute Gasteiger partial charge is 0.388 e. The molecule has 0 unspecified atom stereocenters. The first kappa shape index (κ1) is 51.0. The molecule has 1 spiro atoms. The van der Waals surface area contributed by atoms with Crippen LogP contribution in [0.1, 0.15) is 106 Å². The van der Waals surface area contributed by atoms with Crippen LogP contribution in [0, 0.1) is 46.3 Å². The fourth-order valence-electron chi connectivity index (χ4n) is 14.5. The Morgan fingerprint density at radius 1 is 0.765 bits per heavy atom. The number of fused-ring (bicyclic) bond motifs is 7. The zero-order valence-electron chi connectivity index (χ0n) is 40.7. The molecule has 1 amide bonds. The number of nitrogens with one attached hydrogen (secondary N) is 1. The van der Waals surface area contributed by atoms with Crippen LogP contribution in [0.25, 0.3) is 0 Å². The molecule has 26 atom stereocenters. The summed E-state index contributed by atoms with van der Waals surface area (Å²) in [5, 5.41) is 79.5. The van der Waals surface area contributed by atoms with Crippen molar-refractivity contribution in [2.45, 2.75) is 216 Å². The molecule has 0 aromatic heterocycles. The third kappa shape index (κ3) is 9.03. The van der Waals surface area contributed by atoms with E-state index in [2.05, 4.69) is 39.1 Å². The van der Waals surface area contributed by atoms with Gasteiger partial charge in [0.1, 0.15) is 61.0 Å². The minimum Gasteiger partial charge on any atom is -0.388 e. The quantitative estimate of drug-likeness (QED) is 0.0891. The molecule has 384 valence electrons. The summed E-state index contributed by atoms with van der Waals surface area (Å²) in [4.78, 5) is 13.0. The van der Waals surface area contributed by atoms with Gasteiger partial charge < -0.3 is 79.0 Å². The van der Waals surface area contributed by atoms with Crippen molar-refractivity contribution in [2.24, 2.45) is 46.3 Å². The maximum absolute atomic E-state index is 13.0. The summed E-state index contributed by atoms with van der Waals surface area (Å²) in [5.74, 6) is 2.07. The molecule has 68 heavy (non-hydrogen) atoms. The number of allylic oxidation sites excluding steroid dienone is 4. The molecule has 17 nitrogen and oxygen atoms in total. The van der Waals surface area contributed by atoms with Crippen molar-refractivity contribution in [1.82, 2.24) is 5.32 Å². The minimum absolute atomic E-state index is 0.0452. The van der Waals surface area contributed by atoms with Crippen LogP contribution in [0.5, 0.6) is 0 Å². The monoisotopic (exact) mass is 962 g/mol. The van der Waals surface area contributed by atoms with E-state index in [9.17, 15) is 40.5 Å². The molecule has 9 rings (SSSR count). The highest BCUT2D eigenvalue weighted by molar-refractivity contribution is 5.87. The Morgan fingerprint density at radius 2 is 1.44 bits per heavy atom. The van der Waals surface area contributed by atoms with Crippen molar-refractivity contribution in [3.8, 4) is 0 Å². The second-order valence-electron chi connectivity index (χ2n) is 22.5. The molecule has 0 bridgehead atoms. The topological polar surface area (TPSA) is 245 Å². The second-order valence-corrected chi connectivity index (χ2v) is 22.5. The Kier molecular flexibility index (Phi) is 14.9. The van der Waals surface area contributed by atoms with Gasteiger partial charge in [0.2, 0.25) is 5.91 Å². The molecule has 17 heteroatoms. The molecule has 4 aliphatic carbocycles.